The van der Waals surface area contributed by atoms with Crippen molar-refractivity contribution in [2.24, 2.45) is 23.7 Å². The maximum Gasteiger partial charge on any atom is 0.311 e. The number of rotatable bonds is 4. The Kier molecular flexibility index (Phi) is 6.56. The van der Waals surface area contributed by atoms with Gasteiger partial charge in [0.2, 0.25) is 0 Å². The molecule has 1 heterocycles. The number of hydrogen-bond donors (Lipinski definition) is 0. The molecule has 1 aliphatic heterocycles. The van der Waals surface area contributed by atoms with Crippen molar-refractivity contribution in [1.29, 1.82) is 0 Å². The van der Waals surface area contributed by atoms with Crippen LogP contribution >= 0.6 is 0 Å². The Morgan fingerprint density at radius 3 is 2.56 bits per heavy atom. The Balaban J connectivity index is 1.75. The van der Waals surface area contributed by atoms with Gasteiger partial charge in [-0.15, -0.1) is 0 Å². The lowest BCUT2D eigenvalue weighted by molar-refractivity contribution is -0.163. The van der Waals surface area contributed by atoms with Crippen LogP contribution in [0.2, 0.25) is 0 Å². The topological polar surface area (TPSA) is 29.5 Å². The first-order valence-electron chi connectivity index (χ1n) is 10.5. The number of piperidine rings is 1. The SMILES string of the molecule is CC(C)[C@@H]1CC[C@@H](C)C[C@H]1OC(=O)C1CN(C)CCC1c1ccc(F)cc1. The van der Waals surface area contributed by atoms with Crippen LogP contribution in [0.25, 0.3) is 0 Å². The van der Waals surface area contributed by atoms with E-state index in [0.717, 1.165) is 31.4 Å². The lowest BCUT2D eigenvalue weighted by Crippen LogP contribution is -2.44. The van der Waals surface area contributed by atoms with Gasteiger partial charge in [-0.25, -0.2) is 4.39 Å². The normalized spacial score (nSPS) is 32.4. The predicted molar refractivity (Wildman–Crippen MR) is 106 cm³/mol. The number of carbonyl (C=O) groups excluding carboxylic acids is 1. The van der Waals surface area contributed by atoms with Crippen LogP contribution in [-0.4, -0.2) is 37.1 Å². The van der Waals surface area contributed by atoms with Crippen LogP contribution in [0.15, 0.2) is 24.3 Å². The highest BCUT2D eigenvalue weighted by atomic mass is 19.1. The van der Waals surface area contributed by atoms with E-state index in [1.165, 1.54) is 18.6 Å². The van der Waals surface area contributed by atoms with Gasteiger partial charge >= 0.3 is 5.97 Å². The van der Waals surface area contributed by atoms with Crippen molar-refractivity contribution in [3.8, 4) is 0 Å². The second-order valence-corrected chi connectivity index (χ2v) is 9.12. The smallest absolute Gasteiger partial charge is 0.311 e. The number of likely N-dealkylation sites (tertiary alicyclic amines) is 1. The van der Waals surface area contributed by atoms with Crippen LogP contribution in [0, 0.1) is 29.5 Å². The molecule has 0 radical (unpaired) electrons. The van der Waals surface area contributed by atoms with E-state index in [9.17, 15) is 9.18 Å². The second kappa shape index (κ2) is 8.72. The Labute approximate surface area is 163 Å². The highest BCUT2D eigenvalue weighted by molar-refractivity contribution is 5.74. The Hall–Kier alpha value is -1.42. The predicted octanol–water partition coefficient (Wildman–Crippen LogP) is 4.87. The fourth-order valence-corrected chi connectivity index (χ4v) is 4.95. The third kappa shape index (κ3) is 4.90. The summed E-state index contributed by atoms with van der Waals surface area (Å²) in [7, 11) is 2.06. The van der Waals surface area contributed by atoms with E-state index in [4.69, 9.17) is 4.74 Å². The Morgan fingerprint density at radius 2 is 1.89 bits per heavy atom. The summed E-state index contributed by atoms with van der Waals surface area (Å²) < 4.78 is 19.5. The van der Waals surface area contributed by atoms with Crippen molar-refractivity contribution >= 4 is 5.97 Å². The molecule has 1 aromatic carbocycles. The standard InChI is InChI=1S/C23H34FNO2/c1-15(2)19-10-5-16(3)13-22(19)27-23(26)21-14-25(4)12-11-20(21)17-6-8-18(24)9-7-17/h6-9,15-16,19-22H,5,10-14H2,1-4H3/t16-,19+,20?,21?,22-/m1/s1. The molecular weight excluding hydrogens is 341 g/mol. The first-order valence-corrected chi connectivity index (χ1v) is 10.5. The quantitative estimate of drug-likeness (QED) is 0.704. The zero-order chi connectivity index (χ0) is 19.6. The summed E-state index contributed by atoms with van der Waals surface area (Å²) in [5.41, 5.74) is 1.05. The minimum atomic E-state index is -0.234. The molecule has 150 valence electrons. The van der Waals surface area contributed by atoms with Crippen molar-refractivity contribution in [2.45, 2.75) is 58.5 Å². The Bertz CT molecular complexity index is 630. The number of halogens is 1. The summed E-state index contributed by atoms with van der Waals surface area (Å²) in [5.74, 6) is 1.21. The number of nitrogens with zero attached hydrogens (tertiary/aromatic N) is 1. The maximum absolute atomic E-state index is 13.3. The van der Waals surface area contributed by atoms with Gasteiger partial charge in [0.05, 0.1) is 5.92 Å². The van der Waals surface area contributed by atoms with E-state index in [2.05, 4.69) is 32.7 Å². The zero-order valence-electron chi connectivity index (χ0n) is 17.2. The van der Waals surface area contributed by atoms with Crippen molar-refractivity contribution in [2.75, 3.05) is 20.1 Å². The third-order valence-electron chi connectivity index (χ3n) is 6.65. The molecule has 1 aromatic rings. The van der Waals surface area contributed by atoms with Crippen molar-refractivity contribution in [3.05, 3.63) is 35.6 Å². The highest BCUT2D eigenvalue weighted by Crippen LogP contribution is 2.38. The molecule has 0 N–H and O–H groups in total. The minimum Gasteiger partial charge on any atom is -0.462 e. The average molecular weight is 376 g/mol. The number of benzene rings is 1. The summed E-state index contributed by atoms with van der Waals surface area (Å²) in [4.78, 5) is 15.4. The summed E-state index contributed by atoms with van der Waals surface area (Å²) in [5, 5.41) is 0. The molecule has 0 bridgehead atoms. The summed E-state index contributed by atoms with van der Waals surface area (Å²) in [6.45, 7) is 8.37. The van der Waals surface area contributed by atoms with Crippen LogP contribution in [0.3, 0.4) is 0 Å². The van der Waals surface area contributed by atoms with E-state index in [0.29, 0.717) is 24.3 Å². The first-order chi connectivity index (χ1) is 12.8. The van der Waals surface area contributed by atoms with Gasteiger partial charge in [-0.1, -0.05) is 39.3 Å². The van der Waals surface area contributed by atoms with Gasteiger partial charge in [0.15, 0.2) is 0 Å². The van der Waals surface area contributed by atoms with E-state index < -0.39 is 0 Å². The summed E-state index contributed by atoms with van der Waals surface area (Å²) in [6, 6.07) is 6.64. The molecule has 0 spiro atoms. The van der Waals surface area contributed by atoms with Gasteiger partial charge < -0.3 is 9.64 Å². The second-order valence-electron chi connectivity index (χ2n) is 9.12. The molecule has 4 heteroatoms. The van der Waals surface area contributed by atoms with Crippen LogP contribution < -0.4 is 0 Å². The monoisotopic (exact) mass is 375 g/mol. The van der Waals surface area contributed by atoms with Crippen molar-refractivity contribution in [1.82, 2.24) is 4.90 Å². The fraction of sp³-hybridized carbons (Fsp3) is 0.696. The molecule has 5 atom stereocenters. The van der Waals surface area contributed by atoms with Gasteiger partial charge in [0, 0.05) is 6.54 Å². The zero-order valence-corrected chi connectivity index (χ0v) is 17.2. The van der Waals surface area contributed by atoms with E-state index >= 15 is 0 Å². The molecular formula is C23H34FNO2. The molecule has 2 fully saturated rings. The lowest BCUT2D eigenvalue weighted by atomic mass is 9.75. The number of esters is 1. The summed E-state index contributed by atoms with van der Waals surface area (Å²) >= 11 is 0. The molecule has 3 rings (SSSR count). The molecule has 0 amide bonds. The van der Waals surface area contributed by atoms with Gasteiger partial charge in [-0.2, -0.15) is 0 Å². The third-order valence-corrected chi connectivity index (χ3v) is 6.65. The van der Waals surface area contributed by atoms with Gasteiger partial charge in [-0.3, -0.25) is 4.79 Å². The van der Waals surface area contributed by atoms with Gasteiger partial charge in [-0.05, 0) is 74.2 Å². The van der Waals surface area contributed by atoms with Crippen LogP contribution in [0.5, 0.6) is 0 Å². The minimum absolute atomic E-state index is 0.0300. The molecule has 2 unspecified atom stereocenters. The van der Waals surface area contributed by atoms with Gasteiger partial charge in [0.25, 0.3) is 0 Å². The average Bonchev–Trinajstić information content (AvgIpc) is 2.62. The molecule has 2 aliphatic rings. The maximum atomic E-state index is 13.3. The molecule has 1 saturated carbocycles. The number of hydrogen-bond acceptors (Lipinski definition) is 3. The van der Waals surface area contributed by atoms with Crippen LogP contribution in [-0.2, 0) is 9.53 Å². The largest absolute Gasteiger partial charge is 0.462 e. The Morgan fingerprint density at radius 1 is 1.19 bits per heavy atom. The molecule has 3 nitrogen and oxygen atoms in total. The fourth-order valence-electron chi connectivity index (χ4n) is 4.95. The van der Waals surface area contributed by atoms with Crippen molar-refractivity contribution in [3.63, 3.8) is 0 Å². The van der Waals surface area contributed by atoms with E-state index in [1.54, 1.807) is 0 Å². The number of carbonyl (C=O) groups is 1. The first kappa shape index (κ1) is 20.3. The number of ether oxygens (including phenoxy) is 1. The molecule has 0 aromatic heterocycles. The highest BCUT2D eigenvalue weighted by Gasteiger charge is 2.39. The van der Waals surface area contributed by atoms with Crippen LogP contribution in [0.1, 0.15) is 57.9 Å². The summed E-state index contributed by atoms with van der Waals surface area (Å²) in [6.07, 6.45) is 4.27. The van der Waals surface area contributed by atoms with Crippen LogP contribution in [0.4, 0.5) is 4.39 Å². The molecule has 27 heavy (non-hydrogen) atoms. The van der Waals surface area contributed by atoms with Crippen molar-refractivity contribution < 1.29 is 13.9 Å². The van der Waals surface area contributed by atoms with Gasteiger partial charge in [0.1, 0.15) is 11.9 Å². The van der Waals surface area contributed by atoms with E-state index in [-0.39, 0.29) is 29.7 Å². The molecule has 1 saturated heterocycles. The molecule has 1 aliphatic carbocycles. The lowest BCUT2D eigenvalue weighted by Gasteiger charge is -2.40. The van der Waals surface area contributed by atoms with E-state index in [1.807, 2.05) is 12.1 Å².